The largest absolute Gasteiger partial charge is 0.481 e. The minimum absolute atomic E-state index is 0.0106. The van der Waals surface area contributed by atoms with Crippen molar-refractivity contribution in [3.05, 3.63) is 93.4 Å². The third-order valence-electron chi connectivity index (χ3n) is 10.4. The number of carbonyl (C=O) groups excluding carboxylic acids is 3. The number of carbonyl (C=O) groups is 4. The summed E-state index contributed by atoms with van der Waals surface area (Å²) < 4.78 is 9.68. The molecule has 0 bridgehead atoms. The number of hydrogen-bond acceptors (Lipinski definition) is 11. The van der Waals surface area contributed by atoms with Gasteiger partial charge >= 0.3 is 11.9 Å². The number of ether oxygens (including phenoxy) is 1. The van der Waals surface area contributed by atoms with Crippen LogP contribution in [0.5, 0.6) is 0 Å². The van der Waals surface area contributed by atoms with Crippen LogP contribution < -0.4 is 0 Å². The summed E-state index contributed by atoms with van der Waals surface area (Å²) in [5.74, 6) is -0.971. The predicted molar refractivity (Wildman–Crippen MR) is 236 cm³/mol. The van der Waals surface area contributed by atoms with Gasteiger partial charge in [-0.1, -0.05) is 98.0 Å². The van der Waals surface area contributed by atoms with Crippen molar-refractivity contribution in [1.82, 2.24) is 29.5 Å². The third-order valence-corrected chi connectivity index (χ3v) is 13.4. The van der Waals surface area contributed by atoms with E-state index in [1.165, 1.54) is 85.1 Å². The van der Waals surface area contributed by atoms with E-state index in [0.29, 0.717) is 31.6 Å². The summed E-state index contributed by atoms with van der Waals surface area (Å²) in [6.07, 6.45) is 5.11. The summed E-state index contributed by atoms with van der Waals surface area (Å²) in [6, 6.07) is 25.2. The molecule has 2 saturated carbocycles. The molecule has 6 aromatic rings. The van der Waals surface area contributed by atoms with E-state index in [2.05, 4.69) is 113 Å². The van der Waals surface area contributed by atoms with Crippen molar-refractivity contribution in [2.24, 2.45) is 11.8 Å². The summed E-state index contributed by atoms with van der Waals surface area (Å²) in [4.78, 5) is 47.0. The second-order valence-corrected chi connectivity index (χ2v) is 18.2. The first-order chi connectivity index (χ1) is 28.4. The Bertz CT molecular complexity index is 2550. The lowest BCUT2D eigenvalue weighted by Gasteiger charge is -2.14. The van der Waals surface area contributed by atoms with Gasteiger partial charge in [-0.15, -0.1) is 20.4 Å². The number of Topliss-reactive ketones (excluding diaryl/α,β-unsaturated/α-hetero) is 2. The highest BCUT2D eigenvalue weighted by Crippen LogP contribution is 2.46. The molecular weight excluding hydrogens is 920 g/mol. The molecule has 0 spiro atoms. The van der Waals surface area contributed by atoms with Crippen LogP contribution in [0, 0.1) is 11.8 Å². The Labute approximate surface area is 366 Å². The van der Waals surface area contributed by atoms with Crippen LogP contribution in [0.4, 0.5) is 0 Å². The van der Waals surface area contributed by atoms with Crippen molar-refractivity contribution in [2.45, 2.75) is 74.5 Å². The highest BCUT2D eigenvalue weighted by Gasteiger charge is 2.28. The van der Waals surface area contributed by atoms with Crippen LogP contribution in [0.2, 0.25) is 0 Å². The number of thioether (sulfide) groups is 2. The zero-order valence-electron chi connectivity index (χ0n) is 32.6. The van der Waals surface area contributed by atoms with E-state index in [9.17, 15) is 19.2 Å². The SMILES string of the molecule is CC(CC(=O)CSc1nnc(Br)n1-c1ccc(C2CC2)c2ccccc12)C(=O)O.COC(=O)C(C)CC(=O)CSc1nnc(Br)n1-c1ccc(C2CC2)c2ccccc12. The molecule has 0 aliphatic heterocycles. The standard InChI is InChI=1S/C22H22BrN3O3S.C21H20BrN3O3S/c1-13(20(28)29-2)11-15(27)12-30-22-25-24-21(23)26(22)19-10-9-16(14-7-8-14)17-5-3-4-6-18(17)19;1-12(19(27)28)10-14(26)11-29-21-24-23-20(22)25(21)18-9-8-15(13-6-7-13)16-4-2-3-5-17(16)18/h3-6,9-10,13-14H,7-8,11-12H2,1-2H3;2-5,8-9,12-13H,6-7,10-11H2,1H3,(H,27,28). The number of aliphatic carboxylic acids is 1. The molecule has 2 aliphatic rings. The molecule has 2 unspecified atom stereocenters. The van der Waals surface area contributed by atoms with Gasteiger partial charge < -0.3 is 9.84 Å². The van der Waals surface area contributed by atoms with Crippen molar-refractivity contribution >= 4 is 100 Å². The quantitative estimate of drug-likeness (QED) is 0.0724. The highest BCUT2D eigenvalue weighted by atomic mass is 79.9. The first-order valence-corrected chi connectivity index (χ1v) is 22.9. The van der Waals surface area contributed by atoms with Gasteiger partial charge in [-0.3, -0.25) is 28.3 Å². The van der Waals surface area contributed by atoms with Gasteiger partial charge in [0.1, 0.15) is 11.6 Å². The van der Waals surface area contributed by atoms with Gasteiger partial charge in [0, 0.05) is 23.6 Å². The molecule has 0 amide bonds. The van der Waals surface area contributed by atoms with Crippen LogP contribution in [0.15, 0.2) is 92.6 Å². The molecule has 2 atom stereocenters. The molecule has 0 radical (unpaired) electrons. The second-order valence-electron chi connectivity index (χ2n) is 14.9. The monoisotopic (exact) mass is 960 g/mol. The van der Waals surface area contributed by atoms with Gasteiger partial charge in [-0.05, 0) is 103 Å². The zero-order valence-corrected chi connectivity index (χ0v) is 37.4. The highest BCUT2D eigenvalue weighted by molar-refractivity contribution is 9.10. The Morgan fingerprint density at radius 1 is 0.661 bits per heavy atom. The fourth-order valence-corrected chi connectivity index (χ4v) is 9.82. The molecule has 2 fully saturated rings. The van der Waals surface area contributed by atoms with Crippen molar-refractivity contribution in [3.63, 3.8) is 0 Å². The van der Waals surface area contributed by atoms with Crippen LogP contribution in [-0.2, 0) is 23.9 Å². The molecule has 2 heterocycles. The van der Waals surface area contributed by atoms with E-state index < -0.39 is 17.8 Å². The lowest BCUT2D eigenvalue weighted by Crippen LogP contribution is -2.18. The number of carboxylic acid groups (broad SMARTS) is 1. The maximum atomic E-state index is 12.3. The second kappa shape index (κ2) is 18.9. The summed E-state index contributed by atoms with van der Waals surface area (Å²) in [5.41, 5.74) is 4.70. The van der Waals surface area contributed by atoms with E-state index in [4.69, 9.17) is 9.84 Å². The Balaban J connectivity index is 0.000000179. The van der Waals surface area contributed by atoms with E-state index >= 15 is 0 Å². The van der Waals surface area contributed by atoms with Gasteiger partial charge in [-0.25, -0.2) is 0 Å². The number of nitrogens with zero attached hydrogens (tertiary/aromatic N) is 6. The molecular formula is C43H42Br2N6O6S2. The number of ketones is 2. The number of fused-ring (bicyclic) bond motifs is 2. The van der Waals surface area contributed by atoms with Crippen molar-refractivity contribution in [2.75, 3.05) is 18.6 Å². The summed E-state index contributed by atoms with van der Waals surface area (Å²) in [7, 11) is 1.33. The number of carboxylic acids is 1. The molecule has 16 heteroatoms. The van der Waals surface area contributed by atoms with Crippen molar-refractivity contribution in [3.8, 4) is 11.4 Å². The first-order valence-electron chi connectivity index (χ1n) is 19.3. The van der Waals surface area contributed by atoms with Gasteiger partial charge in [0.05, 0.1) is 41.8 Å². The maximum Gasteiger partial charge on any atom is 0.308 e. The average Bonchev–Trinajstić information content (AvgIpc) is 4.18. The Morgan fingerprint density at radius 3 is 1.46 bits per heavy atom. The predicted octanol–water partition coefficient (Wildman–Crippen LogP) is 9.75. The van der Waals surface area contributed by atoms with E-state index in [-0.39, 0.29) is 41.9 Å². The van der Waals surface area contributed by atoms with E-state index in [0.717, 1.165) is 22.1 Å². The molecule has 8 rings (SSSR count). The molecule has 4 aromatic carbocycles. The molecule has 2 aliphatic carbocycles. The third kappa shape index (κ3) is 9.99. The Morgan fingerprint density at radius 2 is 1.07 bits per heavy atom. The van der Waals surface area contributed by atoms with Crippen LogP contribution in [-0.4, -0.2) is 76.8 Å². The number of methoxy groups -OCH3 is 1. The van der Waals surface area contributed by atoms with Crippen molar-refractivity contribution < 1.29 is 29.0 Å². The topological polar surface area (TPSA) is 159 Å². The number of halogens is 2. The van der Waals surface area contributed by atoms with Crippen LogP contribution >= 0.6 is 55.4 Å². The Kier molecular flexibility index (Phi) is 13.7. The maximum absolute atomic E-state index is 12.3. The van der Waals surface area contributed by atoms with Crippen molar-refractivity contribution in [1.29, 1.82) is 0 Å². The average molecular weight is 963 g/mol. The number of hydrogen-bond donors (Lipinski definition) is 1. The van der Waals surface area contributed by atoms with E-state index in [1.807, 2.05) is 21.3 Å². The smallest absolute Gasteiger partial charge is 0.308 e. The number of benzene rings is 4. The lowest BCUT2D eigenvalue weighted by molar-refractivity contribution is -0.146. The van der Waals surface area contributed by atoms with Crippen LogP contribution in [0.25, 0.3) is 32.9 Å². The Hall–Kier alpha value is -4.38. The first kappa shape index (κ1) is 42.7. The summed E-state index contributed by atoms with van der Waals surface area (Å²) in [6.45, 7) is 3.23. The van der Waals surface area contributed by atoms with Gasteiger partial charge in [0.2, 0.25) is 9.47 Å². The molecule has 0 saturated heterocycles. The molecule has 59 heavy (non-hydrogen) atoms. The van der Waals surface area contributed by atoms with Gasteiger partial charge in [-0.2, -0.15) is 0 Å². The van der Waals surface area contributed by atoms with Gasteiger partial charge in [0.25, 0.3) is 0 Å². The molecule has 2 aromatic heterocycles. The van der Waals surface area contributed by atoms with Gasteiger partial charge in [0.15, 0.2) is 10.3 Å². The molecule has 306 valence electrons. The minimum Gasteiger partial charge on any atom is -0.481 e. The van der Waals surface area contributed by atoms with Crippen LogP contribution in [0.3, 0.4) is 0 Å². The normalized spacial score (nSPS) is 14.7. The minimum atomic E-state index is -0.962. The van der Waals surface area contributed by atoms with E-state index in [1.54, 1.807) is 6.92 Å². The molecule has 1 N–H and O–H groups in total. The number of esters is 1. The fraction of sp³-hybridized carbons (Fsp3) is 0.349. The molecule has 12 nitrogen and oxygen atoms in total. The number of rotatable bonds is 16. The van der Waals surface area contributed by atoms with Crippen LogP contribution in [0.1, 0.15) is 75.3 Å². The fourth-order valence-electron chi connectivity index (χ4n) is 7.06. The lowest BCUT2D eigenvalue weighted by atomic mass is 9.99. The number of aromatic nitrogens is 6. The zero-order chi connectivity index (χ0) is 41.8. The summed E-state index contributed by atoms with van der Waals surface area (Å²) >= 11 is 9.58. The summed E-state index contributed by atoms with van der Waals surface area (Å²) in [5, 5.41) is 31.7.